The maximum atomic E-state index is 11.2. The Morgan fingerprint density at radius 2 is 2.06 bits per heavy atom. The normalized spacial score (nSPS) is 16.3. The molecule has 1 heterocycles. The first kappa shape index (κ1) is 14.6. The van der Waals surface area contributed by atoms with Crippen LogP contribution in [-0.4, -0.2) is 48.8 Å². The van der Waals surface area contributed by atoms with E-state index < -0.39 is 0 Å². The van der Waals surface area contributed by atoms with Gasteiger partial charge in [0.2, 0.25) is 0 Å². The smallest absolute Gasteiger partial charge is 0.290 e. The number of nitrogens with one attached hydrogen (secondary N) is 1. The molecule has 0 unspecified atom stereocenters. The Balaban J connectivity index is 0.000000673. The van der Waals surface area contributed by atoms with Crippen LogP contribution in [0.1, 0.15) is 13.3 Å². The fourth-order valence-electron chi connectivity index (χ4n) is 1.09. The first-order valence-corrected chi connectivity index (χ1v) is 5.12. The lowest BCUT2D eigenvalue weighted by Crippen LogP contribution is -2.47. The molecule has 0 bridgehead atoms. The Kier molecular flexibility index (Phi) is 9.24. The van der Waals surface area contributed by atoms with E-state index >= 15 is 0 Å². The van der Waals surface area contributed by atoms with Crippen molar-refractivity contribution in [2.45, 2.75) is 13.3 Å². The number of carbonyl (C=O) groups is 2. The van der Waals surface area contributed by atoms with Gasteiger partial charge >= 0.3 is 0 Å². The lowest BCUT2D eigenvalue weighted by Gasteiger charge is -2.26. The van der Waals surface area contributed by atoms with Crippen molar-refractivity contribution in [1.82, 2.24) is 10.4 Å². The number of hydrogen-bond acceptors (Lipinski definition) is 4. The summed E-state index contributed by atoms with van der Waals surface area (Å²) in [6, 6.07) is 0. The number of carboxylic acid groups (broad SMARTS) is 1. The molecule has 0 atom stereocenters. The Morgan fingerprint density at radius 3 is 2.56 bits per heavy atom. The van der Waals surface area contributed by atoms with Gasteiger partial charge in [-0.1, -0.05) is 13.0 Å². The molecule has 92 valence electrons. The molecule has 2 N–H and O–H groups in total. The van der Waals surface area contributed by atoms with E-state index in [0.29, 0.717) is 13.2 Å². The second-order valence-corrected chi connectivity index (χ2v) is 2.99. The number of hydrazine groups is 1. The van der Waals surface area contributed by atoms with Crippen molar-refractivity contribution < 1.29 is 19.4 Å². The second-order valence-electron chi connectivity index (χ2n) is 2.99. The lowest BCUT2D eigenvalue weighted by atomic mass is 10.4. The molecule has 0 aromatic heterocycles. The summed E-state index contributed by atoms with van der Waals surface area (Å²) < 4.78 is 5.15. The van der Waals surface area contributed by atoms with Gasteiger partial charge in [0, 0.05) is 19.2 Å². The van der Waals surface area contributed by atoms with E-state index in [0.717, 1.165) is 19.5 Å². The summed E-state index contributed by atoms with van der Waals surface area (Å²) in [6.07, 6.45) is 4.29. The Hall–Kier alpha value is -1.40. The third-order valence-corrected chi connectivity index (χ3v) is 1.78. The van der Waals surface area contributed by atoms with Crippen molar-refractivity contribution in [1.29, 1.82) is 0 Å². The van der Waals surface area contributed by atoms with Crippen LogP contribution in [0, 0.1) is 0 Å². The SMILES string of the molecule is CC/C=C\C(=O)NN1CCOCC1.O=CO. The molecule has 6 nitrogen and oxygen atoms in total. The van der Waals surface area contributed by atoms with Gasteiger partial charge < -0.3 is 9.84 Å². The Bertz CT molecular complexity index is 225. The first-order chi connectivity index (χ1) is 7.74. The molecular weight excluding hydrogens is 212 g/mol. The van der Waals surface area contributed by atoms with E-state index in [1.165, 1.54) is 0 Å². The highest BCUT2D eigenvalue weighted by Gasteiger charge is 2.10. The summed E-state index contributed by atoms with van der Waals surface area (Å²) in [6.45, 7) is 4.67. The highest BCUT2D eigenvalue weighted by Crippen LogP contribution is 1.92. The van der Waals surface area contributed by atoms with Gasteiger partial charge in [0.15, 0.2) is 0 Å². The fourth-order valence-corrected chi connectivity index (χ4v) is 1.09. The fraction of sp³-hybridized carbons (Fsp3) is 0.600. The van der Waals surface area contributed by atoms with Crippen molar-refractivity contribution in [3.8, 4) is 0 Å². The zero-order chi connectivity index (χ0) is 12.2. The van der Waals surface area contributed by atoms with Crippen LogP contribution in [0.4, 0.5) is 0 Å². The average Bonchev–Trinajstić information content (AvgIpc) is 2.29. The number of allylic oxidation sites excluding steroid dienone is 1. The predicted octanol–water partition coefficient (Wildman–Crippen LogP) is 0.0168. The van der Waals surface area contributed by atoms with Crippen LogP contribution in [0.3, 0.4) is 0 Å². The lowest BCUT2D eigenvalue weighted by molar-refractivity contribution is -0.123. The molecule has 1 fully saturated rings. The molecule has 1 rings (SSSR count). The van der Waals surface area contributed by atoms with E-state index in [-0.39, 0.29) is 12.4 Å². The largest absolute Gasteiger partial charge is 0.483 e. The first-order valence-electron chi connectivity index (χ1n) is 5.12. The van der Waals surface area contributed by atoms with Crippen LogP contribution in [0.2, 0.25) is 0 Å². The zero-order valence-corrected chi connectivity index (χ0v) is 9.39. The zero-order valence-electron chi connectivity index (χ0n) is 9.39. The maximum Gasteiger partial charge on any atom is 0.290 e. The van der Waals surface area contributed by atoms with Gasteiger partial charge in [-0.05, 0) is 6.42 Å². The minimum Gasteiger partial charge on any atom is -0.483 e. The predicted molar refractivity (Wildman–Crippen MR) is 58.7 cm³/mol. The van der Waals surface area contributed by atoms with Gasteiger partial charge in [-0.25, -0.2) is 5.01 Å². The summed E-state index contributed by atoms with van der Waals surface area (Å²) in [7, 11) is 0. The highest BCUT2D eigenvalue weighted by molar-refractivity contribution is 5.86. The molecule has 0 radical (unpaired) electrons. The van der Waals surface area contributed by atoms with Crippen molar-refractivity contribution in [2.75, 3.05) is 26.3 Å². The van der Waals surface area contributed by atoms with E-state index in [1.54, 1.807) is 6.08 Å². The van der Waals surface area contributed by atoms with Crippen LogP contribution in [0.15, 0.2) is 12.2 Å². The van der Waals surface area contributed by atoms with E-state index in [1.807, 2.05) is 18.0 Å². The topological polar surface area (TPSA) is 78.9 Å². The van der Waals surface area contributed by atoms with E-state index in [4.69, 9.17) is 14.6 Å². The third-order valence-electron chi connectivity index (χ3n) is 1.78. The Labute approximate surface area is 94.8 Å². The molecule has 1 amide bonds. The van der Waals surface area contributed by atoms with Gasteiger partial charge in [0.1, 0.15) is 0 Å². The highest BCUT2D eigenvalue weighted by atomic mass is 16.5. The summed E-state index contributed by atoms with van der Waals surface area (Å²) in [5, 5.41) is 8.77. The molecule has 0 aromatic rings. The number of nitrogens with zero attached hydrogens (tertiary/aromatic N) is 1. The van der Waals surface area contributed by atoms with Crippen LogP contribution >= 0.6 is 0 Å². The summed E-state index contributed by atoms with van der Waals surface area (Å²) in [4.78, 5) is 19.6. The molecule has 0 spiro atoms. The third kappa shape index (κ3) is 7.95. The Morgan fingerprint density at radius 1 is 1.50 bits per heavy atom. The number of rotatable bonds is 3. The van der Waals surface area contributed by atoms with Gasteiger partial charge in [0.25, 0.3) is 12.4 Å². The number of carbonyl (C=O) groups excluding carboxylic acids is 1. The van der Waals surface area contributed by atoms with Crippen LogP contribution in [0.5, 0.6) is 0 Å². The van der Waals surface area contributed by atoms with Crippen molar-refractivity contribution in [2.24, 2.45) is 0 Å². The molecule has 6 heteroatoms. The van der Waals surface area contributed by atoms with Gasteiger partial charge in [0.05, 0.1) is 13.2 Å². The molecule has 0 aliphatic carbocycles. The van der Waals surface area contributed by atoms with Gasteiger partial charge in [-0.2, -0.15) is 0 Å². The van der Waals surface area contributed by atoms with Crippen LogP contribution < -0.4 is 5.43 Å². The standard InChI is InChI=1S/C9H16N2O2.CH2O2/c1-2-3-4-9(12)10-11-5-7-13-8-6-11;2-1-3/h3-4H,2,5-8H2,1H3,(H,10,12);1H,(H,2,3)/b4-3-;. The van der Waals surface area contributed by atoms with Crippen LogP contribution in [-0.2, 0) is 14.3 Å². The second kappa shape index (κ2) is 10.1. The summed E-state index contributed by atoms with van der Waals surface area (Å²) in [5.41, 5.74) is 2.78. The molecule has 1 aliphatic heterocycles. The number of ether oxygens (including phenoxy) is 1. The molecule has 0 aromatic carbocycles. The van der Waals surface area contributed by atoms with Crippen molar-refractivity contribution in [3.05, 3.63) is 12.2 Å². The van der Waals surface area contributed by atoms with Crippen LogP contribution in [0.25, 0.3) is 0 Å². The molecule has 1 aliphatic rings. The van der Waals surface area contributed by atoms with Crippen molar-refractivity contribution in [3.63, 3.8) is 0 Å². The summed E-state index contributed by atoms with van der Waals surface area (Å²) in [5.74, 6) is -0.0521. The molecule has 0 saturated carbocycles. The quantitative estimate of drug-likeness (QED) is 0.527. The minimum atomic E-state index is -0.250. The van der Waals surface area contributed by atoms with Crippen molar-refractivity contribution >= 4 is 12.4 Å². The van der Waals surface area contributed by atoms with E-state index in [9.17, 15) is 4.79 Å². The molecular formula is C10H18N2O4. The monoisotopic (exact) mass is 230 g/mol. The van der Waals surface area contributed by atoms with Gasteiger partial charge in [-0.3, -0.25) is 15.0 Å². The minimum absolute atomic E-state index is 0.0521. The number of amides is 1. The summed E-state index contributed by atoms with van der Waals surface area (Å²) >= 11 is 0. The number of morpholine rings is 1. The number of hydrogen-bond donors (Lipinski definition) is 2. The molecule has 16 heavy (non-hydrogen) atoms. The maximum absolute atomic E-state index is 11.2. The average molecular weight is 230 g/mol. The van der Waals surface area contributed by atoms with E-state index in [2.05, 4.69) is 5.43 Å². The van der Waals surface area contributed by atoms with Gasteiger partial charge in [-0.15, -0.1) is 0 Å². The molecule has 1 saturated heterocycles.